The van der Waals surface area contributed by atoms with Crippen LogP contribution in [0.3, 0.4) is 0 Å². The molecule has 0 unspecified atom stereocenters. The molecule has 2 aromatic heterocycles. The van der Waals surface area contributed by atoms with Gasteiger partial charge in [0.2, 0.25) is 5.91 Å². The number of aromatic nitrogens is 3. The SMILES string of the molecule is CCC(=O)N1CCC(c2cccc(-c3cncn3C)n2)CC1. The van der Waals surface area contributed by atoms with Crippen LogP contribution in [0.1, 0.15) is 37.8 Å². The highest BCUT2D eigenvalue weighted by Crippen LogP contribution is 2.28. The van der Waals surface area contributed by atoms with Crippen molar-refractivity contribution < 1.29 is 4.79 Å². The predicted octanol–water partition coefficient (Wildman–Crippen LogP) is 2.60. The maximum absolute atomic E-state index is 11.8. The molecule has 116 valence electrons. The molecule has 0 aliphatic carbocycles. The molecule has 0 spiro atoms. The van der Waals surface area contributed by atoms with E-state index in [0.717, 1.165) is 43.0 Å². The van der Waals surface area contributed by atoms with Crippen LogP contribution in [0.15, 0.2) is 30.7 Å². The van der Waals surface area contributed by atoms with E-state index in [1.807, 2.05) is 35.7 Å². The first-order valence-electron chi connectivity index (χ1n) is 7.90. The average molecular weight is 298 g/mol. The number of amides is 1. The van der Waals surface area contributed by atoms with Crippen LogP contribution in [0, 0.1) is 0 Å². The van der Waals surface area contributed by atoms with Crippen molar-refractivity contribution in [1.82, 2.24) is 19.4 Å². The minimum Gasteiger partial charge on any atom is -0.343 e. The van der Waals surface area contributed by atoms with E-state index in [0.29, 0.717) is 12.3 Å². The second-order valence-corrected chi connectivity index (χ2v) is 5.85. The number of aryl methyl sites for hydroxylation is 1. The summed E-state index contributed by atoms with van der Waals surface area (Å²) in [4.78, 5) is 22.7. The van der Waals surface area contributed by atoms with Gasteiger partial charge >= 0.3 is 0 Å². The molecule has 1 aliphatic rings. The number of carbonyl (C=O) groups excluding carboxylic acids is 1. The van der Waals surface area contributed by atoms with Gasteiger partial charge in [-0.25, -0.2) is 4.98 Å². The number of nitrogens with zero attached hydrogens (tertiary/aromatic N) is 4. The van der Waals surface area contributed by atoms with Gasteiger partial charge in [-0.2, -0.15) is 0 Å². The van der Waals surface area contributed by atoms with Crippen LogP contribution in [-0.4, -0.2) is 38.4 Å². The number of rotatable bonds is 3. The Labute approximate surface area is 131 Å². The van der Waals surface area contributed by atoms with E-state index in [9.17, 15) is 4.79 Å². The maximum Gasteiger partial charge on any atom is 0.222 e. The molecule has 1 amide bonds. The molecule has 1 saturated heterocycles. The van der Waals surface area contributed by atoms with Crippen molar-refractivity contribution in [2.75, 3.05) is 13.1 Å². The van der Waals surface area contributed by atoms with E-state index in [1.54, 1.807) is 6.33 Å². The first-order chi connectivity index (χ1) is 10.7. The van der Waals surface area contributed by atoms with Crippen LogP contribution in [0.4, 0.5) is 0 Å². The standard InChI is InChI=1S/C17H22N4O/c1-3-17(22)21-9-7-13(8-10-21)14-5-4-6-15(19-14)16-11-18-12-20(16)2/h4-6,11-13H,3,7-10H2,1-2H3. The van der Waals surface area contributed by atoms with Crippen LogP contribution in [-0.2, 0) is 11.8 Å². The van der Waals surface area contributed by atoms with Gasteiger partial charge in [0.25, 0.3) is 0 Å². The smallest absolute Gasteiger partial charge is 0.222 e. The van der Waals surface area contributed by atoms with E-state index >= 15 is 0 Å². The van der Waals surface area contributed by atoms with Gasteiger partial charge in [0, 0.05) is 38.2 Å². The third-order valence-electron chi connectivity index (χ3n) is 4.42. The number of likely N-dealkylation sites (tertiary alicyclic amines) is 1. The van der Waals surface area contributed by atoms with Crippen molar-refractivity contribution in [3.05, 3.63) is 36.4 Å². The maximum atomic E-state index is 11.8. The van der Waals surface area contributed by atoms with Crippen molar-refractivity contribution in [3.63, 3.8) is 0 Å². The molecule has 5 nitrogen and oxygen atoms in total. The summed E-state index contributed by atoms with van der Waals surface area (Å²) in [6, 6.07) is 6.19. The number of pyridine rings is 1. The monoisotopic (exact) mass is 298 g/mol. The van der Waals surface area contributed by atoms with Gasteiger partial charge in [0.1, 0.15) is 0 Å². The van der Waals surface area contributed by atoms with Crippen molar-refractivity contribution in [3.8, 4) is 11.4 Å². The molecular weight excluding hydrogens is 276 g/mol. The number of hydrogen-bond acceptors (Lipinski definition) is 3. The topological polar surface area (TPSA) is 51.0 Å². The molecule has 3 rings (SSSR count). The molecule has 3 heterocycles. The zero-order chi connectivity index (χ0) is 15.5. The number of imidazole rings is 1. The summed E-state index contributed by atoms with van der Waals surface area (Å²) in [5.74, 6) is 0.698. The van der Waals surface area contributed by atoms with Gasteiger partial charge in [0.05, 0.1) is 23.9 Å². The van der Waals surface area contributed by atoms with Crippen LogP contribution in [0.2, 0.25) is 0 Å². The zero-order valence-corrected chi connectivity index (χ0v) is 13.2. The Kier molecular flexibility index (Phi) is 4.22. The Balaban J connectivity index is 1.74. The summed E-state index contributed by atoms with van der Waals surface area (Å²) in [6.45, 7) is 3.61. The zero-order valence-electron chi connectivity index (χ0n) is 13.2. The molecule has 0 aromatic carbocycles. The van der Waals surface area contributed by atoms with Gasteiger partial charge in [0.15, 0.2) is 0 Å². The van der Waals surface area contributed by atoms with Gasteiger partial charge in [-0.1, -0.05) is 13.0 Å². The van der Waals surface area contributed by atoms with Gasteiger partial charge < -0.3 is 9.47 Å². The molecule has 0 saturated carbocycles. The largest absolute Gasteiger partial charge is 0.343 e. The Morgan fingerprint density at radius 2 is 2.09 bits per heavy atom. The molecule has 0 atom stereocenters. The lowest BCUT2D eigenvalue weighted by atomic mass is 9.92. The predicted molar refractivity (Wildman–Crippen MR) is 85.3 cm³/mol. The van der Waals surface area contributed by atoms with Crippen LogP contribution in [0.25, 0.3) is 11.4 Å². The normalized spacial score (nSPS) is 16.0. The van der Waals surface area contributed by atoms with E-state index in [4.69, 9.17) is 4.98 Å². The van der Waals surface area contributed by atoms with Crippen LogP contribution < -0.4 is 0 Å². The number of carbonyl (C=O) groups is 1. The fraction of sp³-hybridized carbons (Fsp3) is 0.471. The molecule has 1 aliphatic heterocycles. The Bertz CT molecular complexity index is 656. The average Bonchev–Trinajstić information content (AvgIpc) is 3.00. The molecule has 22 heavy (non-hydrogen) atoms. The third kappa shape index (κ3) is 2.89. The van der Waals surface area contributed by atoms with Gasteiger partial charge in [-0.3, -0.25) is 9.78 Å². The van der Waals surface area contributed by atoms with E-state index in [2.05, 4.69) is 17.1 Å². The Morgan fingerprint density at radius 3 is 2.73 bits per heavy atom. The highest BCUT2D eigenvalue weighted by atomic mass is 16.2. The fourth-order valence-corrected chi connectivity index (χ4v) is 3.07. The third-order valence-corrected chi connectivity index (χ3v) is 4.42. The van der Waals surface area contributed by atoms with Crippen molar-refractivity contribution in [2.24, 2.45) is 7.05 Å². The van der Waals surface area contributed by atoms with E-state index in [1.165, 1.54) is 0 Å². The summed E-state index contributed by atoms with van der Waals surface area (Å²) in [5.41, 5.74) is 3.12. The van der Waals surface area contributed by atoms with Crippen LogP contribution in [0.5, 0.6) is 0 Å². The lowest BCUT2D eigenvalue weighted by molar-refractivity contribution is -0.131. The molecule has 2 aromatic rings. The number of hydrogen-bond donors (Lipinski definition) is 0. The molecular formula is C17H22N4O. The number of piperidine rings is 1. The molecule has 0 radical (unpaired) electrons. The molecule has 5 heteroatoms. The minimum atomic E-state index is 0.259. The van der Waals surface area contributed by atoms with Crippen molar-refractivity contribution >= 4 is 5.91 Å². The summed E-state index contributed by atoms with van der Waals surface area (Å²) >= 11 is 0. The second kappa shape index (κ2) is 6.30. The Hall–Kier alpha value is -2.17. The van der Waals surface area contributed by atoms with Gasteiger partial charge in [-0.15, -0.1) is 0 Å². The van der Waals surface area contributed by atoms with Crippen molar-refractivity contribution in [1.29, 1.82) is 0 Å². The van der Waals surface area contributed by atoms with Crippen LogP contribution >= 0.6 is 0 Å². The van der Waals surface area contributed by atoms with Crippen molar-refractivity contribution in [2.45, 2.75) is 32.1 Å². The molecule has 1 fully saturated rings. The molecule has 0 bridgehead atoms. The summed E-state index contributed by atoms with van der Waals surface area (Å²) < 4.78 is 1.98. The van der Waals surface area contributed by atoms with Gasteiger partial charge in [-0.05, 0) is 25.0 Å². The summed E-state index contributed by atoms with van der Waals surface area (Å²) in [6.07, 6.45) is 6.22. The highest BCUT2D eigenvalue weighted by Gasteiger charge is 2.24. The minimum absolute atomic E-state index is 0.259. The van der Waals surface area contributed by atoms with E-state index < -0.39 is 0 Å². The second-order valence-electron chi connectivity index (χ2n) is 5.85. The summed E-state index contributed by atoms with van der Waals surface area (Å²) in [5, 5.41) is 0. The Morgan fingerprint density at radius 1 is 1.32 bits per heavy atom. The first-order valence-corrected chi connectivity index (χ1v) is 7.90. The first kappa shape index (κ1) is 14.8. The fourth-order valence-electron chi connectivity index (χ4n) is 3.07. The highest BCUT2D eigenvalue weighted by molar-refractivity contribution is 5.75. The summed E-state index contributed by atoms with van der Waals surface area (Å²) in [7, 11) is 1.98. The molecule has 0 N–H and O–H groups in total. The van der Waals surface area contributed by atoms with E-state index in [-0.39, 0.29) is 5.91 Å². The lowest BCUT2D eigenvalue weighted by Gasteiger charge is -2.31. The quantitative estimate of drug-likeness (QED) is 0.875. The lowest BCUT2D eigenvalue weighted by Crippen LogP contribution is -2.37.